The lowest BCUT2D eigenvalue weighted by molar-refractivity contribution is 0.587. The van der Waals surface area contributed by atoms with Crippen LogP contribution in [0.1, 0.15) is 23.1 Å². The van der Waals surface area contributed by atoms with Crippen LogP contribution in [-0.2, 0) is 16.4 Å². The fourth-order valence-electron chi connectivity index (χ4n) is 3.42. The van der Waals surface area contributed by atoms with E-state index in [2.05, 4.69) is 31.2 Å². The second-order valence-corrected chi connectivity index (χ2v) is 10.2. The highest BCUT2D eigenvalue weighted by atomic mass is 32.2. The first-order valence-electron chi connectivity index (χ1n) is 9.37. The number of nitrogens with zero attached hydrogens (tertiary/aromatic N) is 1. The predicted molar refractivity (Wildman–Crippen MR) is 116 cm³/mol. The Hall–Kier alpha value is -2.24. The third kappa shape index (κ3) is 3.69. The summed E-state index contributed by atoms with van der Waals surface area (Å²) < 4.78 is 28.6. The van der Waals surface area contributed by atoms with Crippen molar-refractivity contribution in [3.63, 3.8) is 0 Å². The van der Waals surface area contributed by atoms with Gasteiger partial charge < -0.3 is 0 Å². The van der Waals surface area contributed by atoms with E-state index < -0.39 is 10.0 Å². The molecule has 0 aliphatic carbocycles. The molecule has 0 fully saturated rings. The number of rotatable bonds is 5. The lowest BCUT2D eigenvalue weighted by Gasteiger charge is -2.26. The van der Waals surface area contributed by atoms with Crippen LogP contribution in [0.3, 0.4) is 0 Å². The van der Waals surface area contributed by atoms with Crippen molar-refractivity contribution in [1.29, 1.82) is 0 Å². The quantitative estimate of drug-likeness (QED) is 0.553. The third-order valence-corrected chi connectivity index (χ3v) is 8.29. The van der Waals surface area contributed by atoms with Crippen LogP contribution >= 0.6 is 11.8 Å². The minimum Gasteiger partial charge on any atom is -0.252 e. The summed E-state index contributed by atoms with van der Waals surface area (Å²) in [6.07, 6.45) is 1.60. The Balaban J connectivity index is 1.66. The summed E-state index contributed by atoms with van der Waals surface area (Å²) >= 11 is 1.64. The molecule has 0 aromatic heterocycles. The molecule has 3 aromatic rings. The SMILES string of the molecule is Cc1ccc(CCC2Sc3ccccc3N2S(=O)(=O)c2ccc(C)cc2)cc1. The second-order valence-electron chi connectivity index (χ2n) is 7.18. The molecule has 0 bridgehead atoms. The minimum atomic E-state index is -3.62. The van der Waals surface area contributed by atoms with Crippen molar-refractivity contribution < 1.29 is 8.42 Å². The Bertz CT molecular complexity index is 1070. The first-order valence-corrected chi connectivity index (χ1v) is 11.7. The smallest absolute Gasteiger partial charge is 0.252 e. The number of sulfonamides is 1. The Kier molecular flexibility index (Phi) is 5.21. The van der Waals surface area contributed by atoms with Gasteiger partial charge in [-0.05, 0) is 56.5 Å². The van der Waals surface area contributed by atoms with Crippen LogP contribution in [0.2, 0.25) is 0 Å². The number of thioether (sulfide) groups is 1. The number of hydrogen-bond donors (Lipinski definition) is 0. The summed E-state index contributed by atoms with van der Waals surface area (Å²) in [6, 6.07) is 23.3. The van der Waals surface area contributed by atoms with Crippen molar-refractivity contribution in [3.8, 4) is 0 Å². The van der Waals surface area contributed by atoms with Gasteiger partial charge in [-0.25, -0.2) is 8.42 Å². The van der Waals surface area contributed by atoms with Crippen molar-refractivity contribution in [3.05, 3.63) is 89.5 Å². The maximum absolute atomic E-state index is 13.5. The zero-order valence-electron chi connectivity index (χ0n) is 16.0. The second kappa shape index (κ2) is 7.64. The van der Waals surface area contributed by atoms with E-state index in [1.165, 1.54) is 11.1 Å². The summed E-state index contributed by atoms with van der Waals surface area (Å²) in [6.45, 7) is 4.03. The molecular formula is C23H23NO2S2. The average molecular weight is 410 g/mol. The molecule has 0 radical (unpaired) electrons. The van der Waals surface area contributed by atoms with Gasteiger partial charge in [0.25, 0.3) is 10.0 Å². The molecule has 0 N–H and O–H groups in total. The van der Waals surface area contributed by atoms with Gasteiger partial charge in [0.15, 0.2) is 0 Å². The zero-order chi connectivity index (χ0) is 19.7. The van der Waals surface area contributed by atoms with Gasteiger partial charge in [-0.1, -0.05) is 71.4 Å². The summed E-state index contributed by atoms with van der Waals surface area (Å²) in [5, 5.41) is -0.148. The molecule has 0 spiro atoms. The molecule has 3 aromatic carbocycles. The molecule has 0 saturated carbocycles. The van der Waals surface area contributed by atoms with Crippen LogP contribution < -0.4 is 4.31 Å². The van der Waals surface area contributed by atoms with E-state index in [4.69, 9.17) is 0 Å². The number of benzene rings is 3. The largest absolute Gasteiger partial charge is 0.265 e. The molecule has 0 amide bonds. The summed E-state index contributed by atoms with van der Waals surface area (Å²) in [7, 11) is -3.62. The molecular weight excluding hydrogens is 386 g/mol. The molecule has 0 saturated heterocycles. The van der Waals surface area contributed by atoms with Crippen molar-refractivity contribution in [2.45, 2.75) is 41.9 Å². The first-order chi connectivity index (χ1) is 13.4. The number of para-hydroxylation sites is 1. The van der Waals surface area contributed by atoms with Gasteiger partial charge in [0.2, 0.25) is 0 Å². The van der Waals surface area contributed by atoms with E-state index >= 15 is 0 Å². The van der Waals surface area contributed by atoms with Gasteiger partial charge in [0.05, 0.1) is 16.0 Å². The monoisotopic (exact) mass is 409 g/mol. The normalized spacial score (nSPS) is 16.2. The fraction of sp³-hybridized carbons (Fsp3) is 0.217. The lowest BCUT2D eigenvalue weighted by Crippen LogP contribution is -2.36. The summed E-state index contributed by atoms with van der Waals surface area (Å²) in [4.78, 5) is 1.36. The van der Waals surface area contributed by atoms with Crippen LogP contribution in [0.25, 0.3) is 0 Å². The van der Waals surface area contributed by atoms with E-state index in [-0.39, 0.29) is 5.37 Å². The molecule has 3 nitrogen and oxygen atoms in total. The summed E-state index contributed by atoms with van der Waals surface area (Å²) in [5.74, 6) is 0. The third-order valence-electron chi connectivity index (χ3n) is 5.01. The van der Waals surface area contributed by atoms with E-state index in [1.807, 2.05) is 43.3 Å². The Morgan fingerprint density at radius 2 is 1.46 bits per heavy atom. The van der Waals surface area contributed by atoms with Gasteiger partial charge in [-0.2, -0.15) is 0 Å². The van der Waals surface area contributed by atoms with E-state index in [9.17, 15) is 8.42 Å². The van der Waals surface area contributed by atoms with Crippen molar-refractivity contribution in [1.82, 2.24) is 0 Å². The maximum atomic E-state index is 13.5. The van der Waals surface area contributed by atoms with Crippen molar-refractivity contribution in [2.24, 2.45) is 0 Å². The van der Waals surface area contributed by atoms with Crippen LogP contribution in [0.5, 0.6) is 0 Å². The highest BCUT2D eigenvalue weighted by Gasteiger charge is 2.38. The molecule has 1 atom stereocenters. The lowest BCUT2D eigenvalue weighted by atomic mass is 10.1. The molecule has 144 valence electrons. The number of aryl methyl sites for hydroxylation is 3. The Morgan fingerprint density at radius 3 is 2.14 bits per heavy atom. The zero-order valence-corrected chi connectivity index (χ0v) is 17.6. The molecule has 1 aliphatic heterocycles. The van der Waals surface area contributed by atoms with Crippen LogP contribution in [0.15, 0.2) is 82.6 Å². The highest BCUT2D eigenvalue weighted by Crippen LogP contribution is 2.47. The molecule has 28 heavy (non-hydrogen) atoms. The van der Waals surface area contributed by atoms with E-state index in [0.717, 1.165) is 29.0 Å². The predicted octanol–water partition coefficient (Wildman–Crippen LogP) is 5.56. The van der Waals surface area contributed by atoms with Gasteiger partial charge in [0.1, 0.15) is 0 Å². The standard InChI is InChI=1S/C23H23NO2S2/c1-17-7-11-19(12-8-17)13-16-23-24(21-5-3-4-6-22(21)27-23)28(25,26)20-14-9-18(2)10-15-20/h3-12,14-15,23H,13,16H2,1-2H3. The Labute approximate surface area is 171 Å². The topological polar surface area (TPSA) is 37.4 Å². The van der Waals surface area contributed by atoms with Crippen molar-refractivity contribution >= 4 is 27.5 Å². The first kappa shape index (κ1) is 19.1. The van der Waals surface area contributed by atoms with Gasteiger partial charge in [-0.3, -0.25) is 4.31 Å². The average Bonchev–Trinajstić information content (AvgIpc) is 3.07. The van der Waals surface area contributed by atoms with E-state index in [0.29, 0.717) is 4.90 Å². The van der Waals surface area contributed by atoms with Gasteiger partial charge in [0, 0.05) is 4.90 Å². The Morgan fingerprint density at radius 1 is 0.857 bits per heavy atom. The minimum absolute atomic E-state index is 0.148. The highest BCUT2D eigenvalue weighted by molar-refractivity contribution is 8.02. The van der Waals surface area contributed by atoms with Crippen LogP contribution in [0.4, 0.5) is 5.69 Å². The molecule has 1 aliphatic rings. The van der Waals surface area contributed by atoms with Gasteiger partial charge in [-0.15, -0.1) is 0 Å². The molecule has 1 heterocycles. The molecule has 5 heteroatoms. The van der Waals surface area contributed by atoms with Gasteiger partial charge >= 0.3 is 0 Å². The van der Waals surface area contributed by atoms with Crippen LogP contribution in [-0.4, -0.2) is 13.8 Å². The van der Waals surface area contributed by atoms with E-state index in [1.54, 1.807) is 28.2 Å². The summed E-state index contributed by atoms with van der Waals surface area (Å²) in [5.41, 5.74) is 4.29. The fourth-order valence-corrected chi connectivity index (χ4v) is 6.67. The molecule has 1 unspecified atom stereocenters. The number of fused-ring (bicyclic) bond motifs is 1. The van der Waals surface area contributed by atoms with Crippen LogP contribution in [0, 0.1) is 13.8 Å². The number of anilines is 1. The van der Waals surface area contributed by atoms with Crippen molar-refractivity contribution in [2.75, 3.05) is 4.31 Å². The number of hydrogen-bond acceptors (Lipinski definition) is 3. The molecule has 4 rings (SSSR count). The maximum Gasteiger partial charge on any atom is 0.265 e.